The van der Waals surface area contributed by atoms with Gasteiger partial charge in [0.05, 0.1) is 20.1 Å². The molecule has 0 spiro atoms. The molecular formula is C13H22N4O3. The Balaban J connectivity index is 1.70. The second-order valence-corrected chi connectivity index (χ2v) is 4.89. The molecule has 2 rings (SSSR count). The maximum Gasteiger partial charge on any atom is 0.306 e. The molecule has 1 aliphatic rings. The molecule has 7 heteroatoms. The highest BCUT2D eigenvalue weighted by Gasteiger charge is 2.19. The number of nitrogens with zero attached hydrogens (tertiary/aromatic N) is 4. The van der Waals surface area contributed by atoms with E-state index in [2.05, 4.69) is 24.7 Å². The largest absolute Gasteiger partial charge is 0.469 e. The molecule has 0 atom stereocenters. The van der Waals surface area contributed by atoms with Crippen molar-refractivity contribution in [1.82, 2.24) is 20.0 Å². The van der Waals surface area contributed by atoms with Gasteiger partial charge in [-0.25, -0.2) is 0 Å². The topological polar surface area (TPSA) is 71.7 Å². The van der Waals surface area contributed by atoms with Crippen LogP contribution in [0, 0.1) is 0 Å². The summed E-state index contributed by atoms with van der Waals surface area (Å²) < 4.78 is 10.2. The first-order valence-corrected chi connectivity index (χ1v) is 7.04. The zero-order valence-corrected chi connectivity index (χ0v) is 12.2. The van der Waals surface area contributed by atoms with Crippen molar-refractivity contribution in [2.75, 3.05) is 39.8 Å². The molecule has 0 amide bonds. The van der Waals surface area contributed by atoms with Crippen LogP contribution in [0.5, 0.6) is 0 Å². The lowest BCUT2D eigenvalue weighted by Crippen LogP contribution is -2.46. The Morgan fingerprint density at radius 2 is 1.85 bits per heavy atom. The summed E-state index contributed by atoms with van der Waals surface area (Å²) in [5.41, 5.74) is 0. The molecule has 0 saturated carbocycles. The first kappa shape index (κ1) is 14.9. The zero-order chi connectivity index (χ0) is 14.4. The molecule has 20 heavy (non-hydrogen) atoms. The number of aryl methyl sites for hydroxylation is 1. The Hall–Kier alpha value is -1.47. The van der Waals surface area contributed by atoms with Crippen molar-refractivity contribution >= 4 is 5.97 Å². The van der Waals surface area contributed by atoms with Crippen molar-refractivity contribution in [1.29, 1.82) is 0 Å². The Kier molecular flexibility index (Phi) is 5.49. The maximum absolute atomic E-state index is 11.1. The lowest BCUT2D eigenvalue weighted by Gasteiger charge is -2.33. The van der Waals surface area contributed by atoms with E-state index in [4.69, 9.17) is 4.42 Å². The fraction of sp³-hybridized carbons (Fsp3) is 0.769. The second kappa shape index (κ2) is 7.35. The number of esters is 1. The maximum atomic E-state index is 11.1. The zero-order valence-electron chi connectivity index (χ0n) is 12.2. The summed E-state index contributed by atoms with van der Waals surface area (Å²) in [6.07, 6.45) is 1.23. The molecule has 0 N–H and O–H groups in total. The van der Waals surface area contributed by atoms with Gasteiger partial charge in [-0.05, 0) is 0 Å². The molecule has 0 unspecified atom stereocenters. The van der Waals surface area contributed by atoms with Crippen molar-refractivity contribution in [2.45, 2.75) is 26.3 Å². The Bertz CT molecular complexity index is 427. The fourth-order valence-corrected chi connectivity index (χ4v) is 2.21. The third kappa shape index (κ3) is 4.28. The van der Waals surface area contributed by atoms with Gasteiger partial charge in [-0.3, -0.25) is 9.69 Å². The Morgan fingerprint density at radius 3 is 2.45 bits per heavy atom. The Morgan fingerprint density at radius 1 is 1.20 bits per heavy atom. The molecule has 0 bridgehead atoms. The van der Waals surface area contributed by atoms with E-state index in [0.717, 1.165) is 39.1 Å². The van der Waals surface area contributed by atoms with Gasteiger partial charge in [-0.15, -0.1) is 10.2 Å². The number of piperazine rings is 1. The number of ether oxygens (including phenoxy) is 1. The average Bonchev–Trinajstić information content (AvgIpc) is 2.94. The van der Waals surface area contributed by atoms with Crippen LogP contribution < -0.4 is 0 Å². The summed E-state index contributed by atoms with van der Waals surface area (Å²) in [5.74, 6) is 1.23. The van der Waals surface area contributed by atoms with Gasteiger partial charge in [-0.1, -0.05) is 6.92 Å². The molecule has 1 fully saturated rings. The van der Waals surface area contributed by atoms with E-state index in [9.17, 15) is 4.79 Å². The molecule has 7 nitrogen and oxygen atoms in total. The summed E-state index contributed by atoms with van der Waals surface area (Å²) in [4.78, 5) is 15.7. The summed E-state index contributed by atoms with van der Waals surface area (Å²) in [6, 6.07) is 0. The predicted octanol–water partition coefficient (Wildman–Crippen LogP) is 0.313. The van der Waals surface area contributed by atoms with Gasteiger partial charge in [0.2, 0.25) is 11.8 Å². The lowest BCUT2D eigenvalue weighted by molar-refractivity contribution is -0.141. The normalized spacial score (nSPS) is 17.3. The number of methoxy groups -OCH3 is 1. The number of carbonyl (C=O) groups excluding carboxylic acids is 1. The highest BCUT2D eigenvalue weighted by Crippen LogP contribution is 2.08. The van der Waals surface area contributed by atoms with Crippen LogP contribution in [0.3, 0.4) is 0 Å². The fourth-order valence-electron chi connectivity index (χ4n) is 2.21. The second-order valence-electron chi connectivity index (χ2n) is 4.89. The summed E-state index contributed by atoms with van der Waals surface area (Å²) in [6.45, 7) is 7.27. The van der Waals surface area contributed by atoms with Crippen LogP contribution in [-0.4, -0.2) is 65.8 Å². The lowest BCUT2D eigenvalue weighted by atomic mass is 10.3. The number of hydrogen-bond acceptors (Lipinski definition) is 7. The van der Waals surface area contributed by atoms with Gasteiger partial charge < -0.3 is 14.1 Å². The minimum Gasteiger partial charge on any atom is -0.469 e. The van der Waals surface area contributed by atoms with E-state index >= 15 is 0 Å². The van der Waals surface area contributed by atoms with Crippen molar-refractivity contribution in [3.8, 4) is 0 Å². The van der Waals surface area contributed by atoms with Crippen LogP contribution in [0.25, 0.3) is 0 Å². The number of aromatic nitrogens is 2. The molecule has 1 aliphatic heterocycles. The van der Waals surface area contributed by atoms with E-state index in [1.807, 2.05) is 6.92 Å². The average molecular weight is 282 g/mol. The van der Waals surface area contributed by atoms with Gasteiger partial charge in [0.25, 0.3) is 0 Å². The van der Waals surface area contributed by atoms with Crippen LogP contribution in [0.1, 0.15) is 25.1 Å². The van der Waals surface area contributed by atoms with Gasteiger partial charge >= 0.3 is 5.97 Å². The van der Waals surface area contributed by atoms with E-state index in [1.54, 1.807) is 0 Å². The summed E-state index contributed by atoms with van der Waals surface area (Å²) in [5, 5.41) is 8.01. The molecule has 0 radical (unpaired) electrons. The van der Waals surface area contributed by atoms with Crippen molar-refractivity contribution in [3.05, 3.63) is 11.8 Å². The van der Waals surface area contributed by atoms with Crippen LogP contribution in [-0.2, 0) is 22.5 Å². The van der Waals surface area contributed by atoms with Crippen molar-refractivity contribution in [3.63, 3.8) is 0 Å². The smallest absolute Gasteiger partial charge is 0.306 e. The van der Waals surface area contributed by atoms with Crippen LogP contribution >= 0.6 is 0 Å². The molecule has 1 aromatic rings. The molecular weight excluding hydrogens is 260 g/mol. The van der Waals surface area contributed by atoms with E-state index in [0.29, 0.717) is 24.7 Å². The molecule has 0 aliphatic carbocycles. The van der Waals surface area contributed by atoms with E-state index in [-0.39, 0.29) is 5.97 Å². The third-order valence-corrected chi connectivity index (χ3v) is 3.49. The van der Waals surface area contributed by atoms with Crippen molar-refractivity contribution in [2.24, 2.45) is 0 Å². The molecule has 1 saturated heterocycles. The number of hydrogen-bond donors (Lipinski definition) is 0. The monoisotopic (exact) mass is 282 g/mol. The Labute approximate surface area is 118 Å². The highest BCUT2D eigenvalue weighted by molar-refractivity contribution is 5.69. The number of rotatable bonds is 6. The van der Waals surface area contributed by atoms with Gasteiger partial charge in [0, 0.05) is 39.1 Å². The van der Waals surface area contributed by atoms with Crippen LogP contribution in [0.15, 0.2) is 4.42 Å². The minimum absolute atomic E-state index is 0.148. The van der Waals surface area contributed by atoms with E-state index in [1.165, 1.54) is 7.11 Å². The minimum atomic E-state index is -0.148. The summed E-state index contributed by atoms with van der Waals surface area (Å²) in [7, 11) is 1.43. The third-order valence-electron chi connectivity index (χ3n) is 3.49. The van der Waals surface area contributed by atoms with Gasteiger partial charge in [-0.2, -0.15) is 0 Å². The van der Waals surface area contributed by atoms with Crippen LogP contribution in [0.2, 0.25) is 0 Å². The van der Waals surface area contributed by atoms with Gasteiger partial charge in [0.1, 0.15) is 0 Å². The predicted molar refractivity (Wildman–Crippen MR) is 72.0 cm³/mol. The van der Waals surface area contributed by atoms with Crippen molar-refractivity contribution < 1.29 is 13.9 Å². The van der Waals surface area contributed by atoms with Gasteiger partial charge in [0.15, 0.2) is 0 Å². The molecule has 0 aromatic carbocycles. The standard InChI is InChI=1S/C13H22N4O3/c1-3-11-14-15-12(20-11)10-17-8-6-16(7-9-17)5-4-13(18)19-2/h3-10H2,1-2H3. The van der Waals surface area contributed by atoms with E-state index < -0.39 is 0 Å². The highest BCUT2D eigenvalue weighted by atomic mass is 16.5. The molecule has 1 aromatic heterocycles. The number of carbonyl (C=O) groups is 1. The summed E-state index contributed by atoms with van der Waals surface area (Å²) >= 11 is 0. The first-order chi connectivity index (χ1) is 9.71. The SMILES string of the molecule is CCc1nnc(CN2CCN(CCC(=O)OC)CC2)o1. The molecule has 112 valence electrons. The molecule has 2 heterocycles. The quantitative estimate of drug-likeness (QED) is 0.695. The van der Waals surface area contributed by atoms with Crippen LogP contribution in [0.4, 0.5) is 0 Å². The first-order valence-electron chi connectivity index (χ1n) is 7.04.